The highest BCUT2D eigenvalue weighted by Crippen LogP contribution is 2.14. The zero-order valence-electron chi connectivity index (χ0n) is 14.8. The monoisotopic (exact) mass is 348 g/mol. The lowest BCUT2D eigenvalue weighted by Gasteiger charge is -2.08. The minimum Gasteiger partial charge on any atom is -0.311 e. The first kappa shape index (κ1) is 16.4. The minimum absolute atomic E-state index is 0.0583. The average Bonchev–Trinajstić information content (AvgIpc) is 3.02. The third-order valence-electron chi connectivity index (χ3n) is 4.47. The van der Waals surface area contributed by atoms with Crippen LogP contribution >= 0.6 is 0 Å². The lowest BCUT2D eigenvalue weighted by molar-refractivity contribution is 0.581. The Morgan fingerprint density at radius 2 is 2.08 bits per heavy atom. The summed E-state index contributed by atoms with van der Waals surface area (Å²) in [6.07, 6.45) is 3.15. The van der Waals surface area contributed by atoms with Crippen LogP contribution in [0.4, 0.5) is 0 Å². The van der Waals surface area contributed by atoms with Crippen molar-refractivity contribution in [3.05, 3.63) is 64.5 Å². The normalized spacial score (nSPS) is 11.5. The van der Waals surface area contributed by atoms with Gasteiger partial charge in [0, 0.05) is 37.8 Å². The molecule has 1 N–H and O–H groups in total. The van der Waals surface area contributed by atoms with E-state index in [-0.39, 0.29) is 5.56 Å². The van der Waals surface area contributed by atoms with Gasteiger partial charge < -0.3 is 5.32 Å². The number of hydrogen-bond acceptors (Lipinski definition) is 5. The number of pyridine rings is 1. The largest absolute Gasteiger partial charge is 0.311 e. The number of nitrogens with one attached hydrogen (secondary N) is 1. The molecule has 4 rings (SSSR count). The molecule has 0 saturated carbocycles. The number of aromatic nitrogens is 5. The quantitative estimate of drug-likeness (QED) is 0.556. The van der Waals surface area contributed by atoms with Crippen LogP contribution in [0.1, 0.15) is 11.3 Å². The Balaban J connectivity index is 1.40. The Morgan fingerprint density at radius 1 is 1.19 bits per heavy atom. The van der Waals surface area contributed by atoms with Gasteiger partial charge in [-0.25, -0.2) is 4.98 Å². The summed E-state index contributed by atoms with van der Waals surface area (Å²) in [5.41, 5.74) is 3.77. The van der Waals surface area contributed by atoms with Crippen molar-refractivity contribution in [2.75, 3.05) is 6.54 Å². The predicted octanol–water partition coefficient (Wildman–Crippen LogP) is 1.78. The van der Waals surface area contributed by atoms with E-state index in [2.05, 4.69) is 38.6 Å². The Bertz CT molecular complexity index is 1140. The molecule has 3 heterocycles. The molecule has 0 fully saturated rings. The molecule has 7 nitrogen and oxygen atoms in total. The van der Waals surface area contributed by atoms with Crippen LogP contribution in [0.5, 0.6) is 0 Å². The fourth-order valence-corrected chi connectivity index (χ4v) is 3.04. The molecule has 1 aromatic carbocycles. The summed E-state index contributed by atoms with van der Waals surface area (Å²) in [6.45, 7) is 3.97. The van der Waals surface area contributed by atoms with Gasteiger partial charge in [0.15, 0.2) is 5.65 Å². The molecule has 0 atom stereocenters. The second-order valence-corrected chi connectivity index (χ2v) is 6.41. The van der Waals surface area contributed by atoms with E-state index in [9.17, 15) is 4.79 Å². The third kappa shape index (κ3) is 3.09. The molecule has 0 aliphatic rings. The first-order valence-corrected chi connectivity index (χ1v) is 8.56. The first-order chi connectivity index (χ1) is 12.6. The smallest absolute Gasteiger partial charge is 0.264 e. The zero-order valence-corrected chi connectivity index (χ0v) is 14.8. The van der Waals surface area contributed by atoms with Gasteiger partial charge in [0.05, 0.1) is 11.7 Å². The summed E-state index contributed by atoms with van der Waals surface area (Å²) in [5.74, 6) is 0. The summed E-state index contributed by atoms with van der Waals surface area (Å²) in [4.78, 5) is 21.2. The van der Waals surface area contributed by atoms with Gasteiger partial charge in [-0.1, -0.05) is 12.1 Å². The Kier molecular flexibility index (Phi) is 4.22. The molecule has 0 radical (unpaired) electrons. The fourth-order valence-electron chi connectivity index (χ4n) is 3.04. The highest BCUT2D eigenvalue weighted by molar-refractivity contribution is 5.79. The maximum atomic E-state index is 12.4. The highest BCUT2D eigenvalue weighted by Gasteiger charge is 2.07. The molecule has 3 aromatic heterocycles. The maximum absolute atomic E-state index is 12.4. The molecule has 132 valence electrons. The summed E-state index contributed by atoms with van der Waals surface area (Å²) < 4.78 is 3.22. The van der Waals surface area contributed by atoms with Crippen molar-refractivity contribution in [3.8, 4) is 0 Å². The number of benzene rings is 1. The van der Waals surface area contributed by atoms with Crippen LogP contribution < -0.4 is 10.9 Å². The molecular formula is C19H20N6O. The topological polar surface area (TPSA) is 77.6 Å². The van der Waals surface area contributed by atoms with Crippen molar-refractivity contribution < 1.29 is 0 Å². The van der Waals surface area contributed by atoms with Crippen LogP contribution in [-0.2, 0) is 20.1 Å². The fraction of sp³-hybridized carbons (Fsp3) is 0.263. The Morgan fingerprint density at radius 3 is 2.96 bits per heavy atom. The van der Waals surface area contributed by atoms with Crippen molar-refractivity contribution in [1.29, 1.82) is 0 Å². The molecule has 7 heteroatoms. The molecule has 0 unspecified atom stereocenters. The van der Waals surface area contributed by atoms with Crippen LogP contribution in [0.25, 0.3) is 21.9 Å². The molecule has 0 aliphatic heterocycles. The number of aryl methyl sites for hydroxylation is 2. The van der Waals surface area contributed by atoms with Crippen molar-refractivity contribution in [2.45, 2.75) is 20.0 Å². The van der Waals surface area contributed by atoms with Crippen LogP contribution in [0.15, 0.2) is 47.7 Å². The van der Waals surface area contributed by atoms with Gasteiger partial charge in [0.1, 0.15) is 11.7 Å². The molecule has 0 spiro atoms. The van der Waals surface area contributed by atoms with E-state index in [1.807, 2.05) is 19.1 Å². The zero-order chi connectivity index (χ0) is 18.1. The van der Waals surface area contributed by atoms with Crippen molar-refractivity contribution in [1.82, 2.24) is 29.6 Å². The number of fused-ring (bicyclic) bond motifs is 2. The van der Waals surface area contributed by atoms with E-state index in [0.29, 0.717) is 24.1 Å². The van der Waals surface area contributed by atoms with Gasteiger partial charge in [0.2, 0.25) is 0 Å². The number of hydrogen-bond donors (Lipinski definition) is 1. The Hall–Kier alpha value is -3.06. The molecule has 26 heavy (non-hydrogen) atoms. The summed E-state index contributed by atoms with van der Waals surface area (Å²) >= 11 is 0. The van der Waals surface area contributed by atoms with E-state index in [4.69, 9.17) is 0 Å². The average molecular weight is 348 g/mol. The Labute approximate surface area is 150 Å². The van der Waals surface area contributed by atoms with Crippen LogP contribution in [0, 0.1) is 6.92 Å². The second-order valence-electron chi connectivity index (χ2n) is 6.41. The molecule has 0 saturated heterocycles. The highest BCUT2D eigenvalue weighted by atomic mass is 16.1. The van der Waals surface area contributed by atoms with Crippen molar-refractivity contribution >= 4 is 21.9 Å². The maximum Gasteiger partial charge on any atom is 0.264 e. The predicted molar refractivity (Wildman–Crippen MR) is 101 cm³/mol. The molecular weight excluding hydrogens is 328 g/mol. The van der Waals surface area contributed by atoms with E-state index in [0.717, 1.165) is 23.1 Å². The van der Waals surface area contributed by atoms with Crippen molar-refractivity contribution in [3.63, 3.8) is 0 Å². The van der Waals surface area contributed by atoms with Gasteiger partial charge in [0.25, 0.3) is 5.56 Å². The minimum atomic E-state index is -0.0583. The standard InChI is InChI=1S/C19H20N6O/c1-13-3-5-15-9-14(4-6-17(15)23-13)10-20-7-8-25-12-21-18-16(19(25)26)11-22-24(18)2/h3-6,9,11-12,20H,7-8,10H2,1-2H3. The van der Waals surface area contributed by atoms with E-state index >= 15 is 0 Å². The number of nitrogens with zero attached hydrogens (tertiary/aromatic N) is 5. The van der Waals surface area contributed by atoms with E-state index < -0.39 is 0 Å². The third-order valence-corrected chi connectivity index (χ3v) is 4.47. The second kappa shape index (κ2) is 6.68. The summed E-state index contributed by atoms with van der Waals surface area (Å²) in [7, 11) is 1.78. The SMILES string of the molecule is Cc1ccc2cc(CNCCn3cnc4c(cnn4C)c3=O)ccc2n1. The first-order valence-electron chi connectivity index (χ1n) is 8.56. The van der Waals surface area contributed by atoms with Gasteiger partial charge in [-0.2, -0.15) is 5.10 Å². The van der Waals surface area contributed by atoms with E-state index in [1.165, 1.54) is 5.56 Å². The lowest BCUT2D eigenvalue weighted by Crippen LogP contribution is -2.27. The molecule has 4 aromatic rings. The summed E-state index contributed by atoms with van der Waals surface area (Å²) in [6, 6.07) is 10.4. The summed E-state index contributed by atoms with van der Waals surface area (Å²) in [5, 5.41) is 9.15. The van der Waals surface area contributed by atoms with Crippen molar-refractivity contribution in [2.24, 2.45) is 7.05 Å². The van der Waals surface area contributed by atoms with Crippen LogP contribution in [0.3, 0.4) is 0 Å². The van der Waals surface area contributed by atoms with Gasteiger partial charge in [-0.15, -0.1) is 0 Å². The van der Waals surface area contributed by atoms with Crippen LogP contribution in [0.2, 0.25) is 0 Å². The lowest BCUT2D eigenvalue weighted by atomic mass is 10.1. The van der Waals surface area contributed by atoms with E-state index in [1.54, 1.807) is 28.8 Å². The molecule has 0 amide bonds. The van der Waals surface area contributed by atoms with Gasteiger partial charge in [-0.3, -0.25) is 19.0 Å². The van der Waals surface area contributed by atoms with Gasteiger partial charge >= 0.3 is 0 Å². The van der Waals surface area contributed by atoms with Crippen LogP contribution in [-0.4, -0.2) is 30.9 Å². The molecule has 0 bridgehead atoms. The molecule has 0 aliphatic carbocycles. The number of rotatable bonds is 5. The van der Waals surface area contributed by atoms with Gasteiger partial charge in [-0.05, 0) is 30.7 Å².